The number of fused-ring (bicyclic) bond motifs is 6. The Kier molecular flexibility index (Phi) is 5.21. The number of aromatic nitrogens is 3. The Morgan fingerprint density at radius 1 is 0.394 bits per heavy atom. The lowest BCUT2D eigenvalue weighted by Crippen LogP contribution is -2.13. The summed E-state index contributed by atoms with van der Waals surface area (Å²) in [7, 11) is 0. The molecule has 1 aliphatic rings. The summed E-state index contributed by atoms with van der Waals surface area (Å²) in [6.45, 7) is 0. The van der Waals surface area contributed by atoms with E-state index in [1.807, 2.05) is 12.1 Å². The minimum Gasteiger partial charge on any atom is -0.256 e. The average molecular weight is 444 g/mol. The Hall–Kier alpha value is -3.76. The van der Waals surface area contributed by atoms with E-state index < -0.39 is 0 Å². The average Bonchev–Trinajstić information content (AvgIpc) is 2.86. The van der Waals surface area contributed by atoms with Crippen LogP contribution in [-0.2, 0) is 0 Å². The van der Waals surface area contributed by atoms with Gasteiger partial charge in [-0.3, -0.25) is 4.98 Å². The van der Waals surface area contributed by atoms with E-state index in [0.717, 1.165) is 32.8 Å². The summed E-state index contributed by atoms with van der Waals surface area (Å²) in [5.74, 6) is -0.0947. The molecule has 3 aromatic heterocycles. The van der Waals surface area contributed by atoms with Gasteiger partial charge in [-0.2, -0.15) is 0 Å². The zero-order valence-corrected chi connectivity index (χ0v) is 18.7. The van der Waals surface area contributed by atoms with Crippen molar-refractivity contribution in [3.63, 3.8) is 0 Å². The van der Waals surface area contributed by atoms with Crippen molar-refractivity contribution in [1.82, 2.24) is 15.0 Å². The highest BCUT2D eigenvalue weighted by Crippen LogP contribution is 2.37. The van der Waals surface area contributed by atoms with Gasteiger partial charge in [0.05, 0.1) is 34.6 Å². The highest BCUT2D eigenvalue weighted by molar-refractivity contribution is 7.99. The predicted molar refractivity (Wildman–Crippen MR) is 132 cm³/mol. The van der Waals surface area contributed by atoms with Gasteiger partial charge in [0.25, 0.3) is 0 Å². The summed E-state index contributed by atoms with van der Waals surface area (Å²) in [5, 5.41) is 1.87. The fourth-order valence-corrected chi connectivity index (χ4v) is 5.28. The maximum Gasteiger partial charge on any atom is 0.103 e. The first-order valence-electron chi connectivity index (χ1n) is 11.0. The largest absolute Gasteiger partial charge is 0.256 e. The van der Waals surface area contributed by atoms with Gasteiger partial charge in [0.2, 0.25) is 0 Å². The lowest BCUT2D eigenvalue weighted by atomic mass is 9.88. The quantitative estimate of drug-likeness (QED) is 0.299. The molecule has 0 aliphatic carbocycles. The van der Waals surface area contributed by atoms with Gasteiger partial charge in [-0.25, -0.2) is 9.97 Å². The van der Waals surface area contributed by atoms with E-state index in [1.165, 1.54) is 11.1 Å². The zero-order chi connectivity index (χ0) is 22.0. The molecule has 158 valence electrons. The molecule has 3 nitrogen and oxygen atoms in total. The summed E-state index contributed by atoms with van der Waals surface area (Å²) in [4.78, 5) is 15.3. The lowest BCUT2D eigenvalue weighted by molar-refractivity contribution is 0.798. The molecule has 4 heteroatoms. The molecule has 2 atom stereocenters. The van der Waals surface area contributed by atoms with E-state index in [-0.39, 0.29) is 11.8 Å². The Labute approximate surface area is 197 Å². The van der Waals surface area contributed by atoms with Gasteiger partial charge in [-0.05, 0) is 47.5 Å². The summed E-state index contributed by atoms with van der Waals surface area (Å²) in [6, 6.07) is 39.8. The second-order valence-electron chi connectivity index (χ2n) is 8.08. The van der Waals surface area contributed by atoms with Crippen LogP contribution in [0.5, 0.6) is 0 Å². The Morgan fingerprint density at radius 2 is 0.788 bits per heavy atom. The monoisotopic (exact) mass is 443 g/mol. The molecule has 6 bridgehead atoms. The van der Waals surface area contributed by atoms with Crippen LogP contribution in [0.25, 0.3) is 0 Å². The molecule has 0 fully saturated rings. The minimum atomic E-state index is -0.0474. The standard InChI is InChI=1S/C29H21N3S/c1-3-10-20(11-4-1)28-22-14-7-15-23(30-22)29(21-12-5-2-6-13-21)25-17-9-19-27(32-25)33-26-18-8-16-24(28)31-26/h1-19,28-29H. The Morgan fingerprint density at radius 3 is 1.24 bits per heavy atom. The molecule has 0 saturated carbocycles. The van der Waals surface area contributed by atoms with Crippen molar-refractivity contribution >= 4 is 11.8 Å². The van der Waals surface area contributed by atoms with E-state index in [9.17, 15) is 0 Å². The topological polar surface area (TPSA) is 38.7 Å². The van der Waals surface area contributed by atoms with Crippen LogP contribution in [0.4, 0.5) is 0 Å². The van der Waals surface area contributed by atoms with Crippen LogP contribution in [0.15, 0.2) is 125 Å². The molecule has 2 aromatic carbocycles. The molecule has 0 spiro atoms. The summed E-state index contributed by atoms with van der Waals surface area (Å²) in [6.07, 6.45) is 0. The second kappa shape index (κ2) is 8.64. The zero-order valence-electron chi connectivity index (χ0n) is 17.9. The van der Waals surface area contributed by atoms with E-state index in [4.69, 9.17) is 15.0 Å². The van der Waals surface area contributed by atoms with Crippen LogP contribution >= 0.6 is 11.8 Å². The Balaban J connectivity index is 1.63. The molecule has 0 radical (unpaired) electrons. The molecule has 4 heterocycles. The lowest BCUT2D eigenvalue weighted by Gasteiger charge is -2.22. The van der Waals surface area contributed by atoms with Crippen LogP contribution in [-0.4, -0.2) is 15.0 Å². The number of benzene rings is 2. The molecular weight excluding hydrogens is 422 g/mol. The number of nitrogens with zero attached hydrogens (tertiary/aromatic N) is 3. The predicted octanol–water partition coefficient (Wildman–Crippen LogP) is 6.70. The molecule has 0 saturated heterocycles. The van der Waals surface area contributed by atoms with Gasteiger partial charge in [0.15, 0.2) is 0 Å². The third kappa shape index (κ3) is 3.94. The Bertz CT molecular complexity index is 1300. The first-order chi connectivity index (χ1) is 16.3. The summed E-state index contributed by atoms with van der Waals surface area (Å²) >= 11 is 1.60. The number of pyridine rings is 3. The maximum atomic E-state index is 5.24. The first kappa shape index (κ1) is 19.9. The highest BCUT2D eigenvalue weighted by atomic mass is 32.2. The minimum absolute atomic E-state index is 0.0474. The van der Waals surface area contributed by atoms with Gasteiger partial charge in [-0.15, -0.1) is 0 Å². The van der Waals surface area contributed by atoms with Crippen LogP contribution < -0.4 is 0 Å². The second-order valence-corrected chi connectivity index (χ2v) is 9.12. The molecule has 2 unspecified atom stereocenters. The maximum absolute atomic E-state index is 5.24. The summed E-state index contributed by atoms with van der Waals surface area (Å²) < 4.78 is 0. The highest BCUT2D eigenvalue weighted by Gasteiger charge is 2.25. The summed E-state index contributed by atoms with van der Waals surface area (Å²) in [5.41, 5.74) is 6.33. The van der Waals surface area contributed by atoms with E-state index in [2.05, 4.69) is 103 Å². The normalized spacial score (nSPS) is 17.0. The van der Waals surface area contributed by atoms with Crippen molar-refractivity contribution in [2.45, 2.75) is 21.9 Å². The van der Waals surface area contributed by atoms with E-state index >= 15 is 0 Å². The SMILES string of the molecule is c1ccc(C2c3cccc(n3)Sc3cccc(n3)C(c3ccccc3)c3cccc2n3)cc1. The van der Waals surface area contributed by atoms with Crippen LogP contribution in [0.1, 0.15) is 45.7 Å². The van der Waals surface area contributed by atoms with Gasteiger partial charge < -0.3 is 0 Å². The van der Waals surface area contributed by atoms with Crippen LogP contribution in [0.3, 0.4) is 0 Å². The van der Waals surface area contributed by atoms with Crippen molar-refractivity contribution in [2.75, 3.05) is 0 Å². The van der Waals surface area contributed by atoms with Gasteiger partial charge in [-0.1, -0.05) is 90.6 Å². The fraction of sp³-hybridized carbons (Fsp3) is 0.0690. The smallest absolute Gasteiger partial charge is 0.103 e. The number of hydrogen-bond acceptors (Lipinski definition) is 4. The van der Waals surface area contributed by atoms with Crippen molar-refractivity contribution in [2.24, 2.45) is 0 Å². The number of rotatable bonds is 2. The molecule has 6 rings (SSSR count). The number of hydrogen-bond donors (Lipinski definition) is 0. The molecule has 1 aliphatic heterocycles. The molecule has 0 amide bonds. The third-order valence-corrected chi connectivity index (χ3v) is 6.81. The van der Waals surface area contributed by atoms with Gasteiger partial charge in [0, 0.05) is 0 Å². The van der Waals surface area contributed by atoms with Crippen molar-refractivity contribution in [3.05, 3.63) is 149 Å². The van der Waals surface area contributed by atoms with Gasteiger partial charge in [0.1, 0.15) is 10.1 Å². The first-order valence-corrected chi connectivity index (χ1v) is 11.9. The van der Waals surface area contributed by atoms with Crippen molar-refractivity contribution in [3.8, 4) is 0 Å². The van der Waals surface area contributed by atoms with Crippen molar-refractivity contribution in [1.29, 1.82) is 0 Å². The third-order valence-electron chi connectivity index (χ3n) is 5.94. The molecular formula is C29H21N3S. The fourth-order valence-electron chi connectivity index (χ4n) is 4.47. The van der Waals surface area contributed by atoms with E-state index in [1.54, 1.807) is 11.8 Å². The molecule has 0 N–H and O–H groups in total. The molecule has 5 aromatic rings. The van der Waals surface area contributed by atoms with Crippen LogP contribution in [0, 0.1) is 0 Å². The van der Waals surface area contributed by atoms with Crippen molar-refractivity contribution < 1.29 is 0 Å². The van der Waals surface area contributed by atoms with E-state index in [0.29, 0.717) is 0 Å². The van der Waals surface area contributed by atoms with Crippen LogP contribution in [0.2, 0.25) is 0 Å². The van der Waals surface area contributed by atoms with Gasteiger partial charge >= 0.3 is 0 Å². The molecule has 33 heavy (non-hydrogen) atoms.